The number of pyridine rings is 1. The van der Waals surface area contributed by atoms with E-state index >= 15 is 0 Å². The zero-order valence-corrected chi connectivity index (χ0v) is 17.3. The maximum atomic E-state index is 5.48. The molecule has 0 bridgehead atoms. The highest BCUT2D eigenvalue weighted by molar-refractivity contribution is 5.93. The average Bonchev–Trinajstić information content (AvgIpc) is 2.79. The SMILES string of the molecule is COc1cc2nc(-c3ccc(C)cc3)nc(NCCc3ccccn3)c2cc1OC. The van der Waals surface area contributed by atoms with Crippen LogP contribution in [0.15, 0.2) is 60.8 Å². The molecular formula is C24H24N4O2. The molecule has 0 saturated heterocycles. The average molecular weight is 400 g/mol. The first-order valence-corrected chi connectivity index (χ1v) is 9.82. The van der Waals surface area contributed by atoms with Gasteiger partial charge in [-0.25, -0.2) is 9.97 Å². The van der Waals surface area contributed by atoms with Crippen LogP contribution in [-0.2, 0) is 6.42 Å². The monoisotopic (exact) mass is 400 g/mol. The lowest BCUT2D eigenvalue weighted by molar-refractivity contribution is 0.356. The van der Waals surface area contributed by atoms with Crippen molar-refractivity contribution in [2.75, 3.05) is 26.1 Å². The van der Waals surface area contributed by atoms with Crippen LogP contribution in [0.25, 0.3) is 22.3 Å². The second-order valence-corrected chi connectivity index (χ2v) is 6.98. The van der Waals surface area contributed by atoms with Crippen LogP contribution in [0.4, 0.5) is 5.82 Å². The summed E-state index contributed by atoms with van der Waals surface area (Å²) in [6, 6.07) is 17.9. The first kappa shape index (κ1) is 19.6. The van der Waals surface area contributed by atoms with Crippen molar-refractivity contribution in [3.63, 3.8) is 0 Å². The number of rotatable bonds is 7. The third-order valence-corrected chi connectivity index (χ3v) is 4.91. The first-order valence-electron chi connectivity index (χ1n) is 9.82. The van der Waals surface area contributed by atoms with Crippen LogP contribution in [0.1, 0.15) is 11.3 Å². The number of methoxy groups -OCH3 is 2. The van der Waals surface area contributed by atoms with Gasteiger partial charge in [0.1, 0.15) is 5.82 Å². The molecule has 0 atom stereocenters. The molecule has 2 aromatic heterocycles. The predicted molar refractivity (Wildman–Crippen MR) is 119 cm³/mol. The zero-order valence-electron chi connectivity index (χ0n) is 17.3. The van der Waals surface area contributed by atoms with Crippen molar-refractivity contribution in [2.24, 2.45) is 0 Å². The molecule has 4 rings (SSSR count). The summed E-state index contributed by atoms with van der Waals surface area (Å²) < 4.78 is 11.0. The standard InChI is InChI=1S/C24H24N4O2/c1-16-7-9-17(10-8-16)23-27-20-15-22(30-3)21(29-2)14-19(20)24(28-23)26-13-11-18-6-4-5-12-25-18/h4-10,12,14-15H,11,13H2,1-3H3,(H,26,27,28). The highest BCUT2D eigenvalue weighted by atomic mass is 16.5. The van der Waals surface area contributed by atoms with Gasteiger partial charge < -0.3 is 14.8 Å². The summed E-state index contributed by atoms with van der Waals surface area (Å²) >= 11 is 0. The molecule has 2 aromatic carbocycles. The summed E-state index contributed by atoms with van der Waals surface area (Å²) in [5.41, 5.74) is 3.98. The summed E-state index contributed by atoms with van der Waals surface area (Å²) in [7, 11) is 3.25. The minimum Gasteiger partial charge on any atom is -0.493 e. The number of aromatic nitrogens is 3. The Balaban J connectivity index is 1.74. The normalized spacial score (nSPS) is 10.8. The molecule has 0 aliphatic heterocycles. The number of aryl methyl sites for hydroxylation is 1. The number of ether oxygens (including phenoxy) is 2. The number of hydrogen-bond acceptors (Lipinski definition) is 6. The van der Waals surface area contributed by atoms with E-state index in [1.54, 1.807) is 14.2 Å². The third kappa shape index (κ3) is 4.17. The van der Waals surface area contributed by atoms with E-state index in [0.717, 1.165) is 34.4 Å². The van der Waals surface area contributed by atoms with Gasteiger partial charge >= 0.3 is 0 Å². The Morgan fingerprint density at radius 3 is 2.37 bits per heavy atom. The van der Waals surface area contributed by atoms with E-state index in [2.05, 4.69) is 29.4 Å². The Labute approximate surface area is 175 Å². The van der Waals surface area contributed by atoms with E-state index in [-0.39, 0.29) is 0 Å². The minimum atomic E-state index is 0.637. The molecule has 0 unspecified atom stereocenters. The maximum Gasteiger partial charge on any atom is 0.162 e. The van der Waals surface area contributed by atoms with Crippen molar-refractivity contribution in [2.45, 2.75) is 13.3 Å². The molecule has 0 aliphatic carbocycles. The van der Waals surface area contributed by atoms with Gasteiger partial charge in [-0.3, -0.25) is 4.98 Å². The molecule has 6 nitrogen and oxygen atoms in total. The predicted octanol–water partition coefficient (Wildman–Crippen LogP) is 4.67. The lowest BCUT2D eigenvalue weighted by Gasteiger charge is -2.14. The quantitative estimate of drug-likeness (QED) is 0.486. The smallest absolute Gasteiger partial charge is 0.162 e. The van der Waals surface area contributed by atoms with E-state index in [1.165, 1.54) is 5.56 Å². The number of nitrogens with zero attached hydrogens (tertiary/aromatic N) is 3. The van der Waals surface area contributed by atoms with Gasteiger partial charge in [0.25, 0.3) is 0 Å². The Morgan fingerprint density at radius 1 is 0.900 bits per heavy atom. The molecule has 30 heavy (non-hydrogen) atoms. The number of nitrogens with one attached hydrogen (secondary N) is 1. The van der Waals surface area contributed by atoms with Gasteiger partial charge in [0, 0.05) is 41.9 Å². The molecule has 0 saturated carbocycles. The van der Waals surface area contributed by atoms with Crippen molar-refractivity contribution in [1.29, 1.82) is 0 Å². The molecule has 152 valence electrons. The van der Waals surface area contributed by atoms with Crippen LogP contribution in [0.5, 0.6) is 11.5 Å². The Hall–Kier alpha value is -3.67. The highest BCUT2D eigenvalue weighted by Gasteiger charge is 2.14. The summed E-state index contributed by atoms with van der Waals surface area (Å²) in [6.45, 7) is 2.76. The number of anilines is 1. The zero-order chi connectivity index (χ0) is 20.9. The lowest BCUT2D eigenvalue weighted by atomic mass is 10.1. The van der Waals surface area contributed by atoms with Crippen molar-refractivity contribution >= 4 is 16.7 Å². The molecule has 0 amide bonds. The van der Waals surface area contributed by atoms with Gasteiger partial charge in [-0.1, -0.05) is 35.9 Å². The van der Waals surface area contributed by atoms with Crippen molar-refractivity contribution in [3.8, 4) is 22.9 Å². The first-order chi connectivity index (χ1) is 14.7. The third-order valence-electron chi connectivity index (χ3n) is 4.91. The molecular weight excluding hydrogens is 376 g/mol. The second-order valence-electron chi connectivity index (χ2n) is 6.98. The minimum absolute atomic E-state index is 0.637. The van der Waals surface area contributed by atoms with Gasteiger partial charge in [0.05, 0.1) is 19.7 Å². The van der Waals surface area contributed by atoms with Crippen LogP contribution in [0.2, 0.25) is 0 Å². The van der Waals surface area contributed by atoms with E-state index in [4.69, 9.17) is 19.4 Å². The molecule has 0 fully saturated rings. The number of fused-ring (bicyclic) bond motifs is 1. The van der Waals surface area contributed by atoms with Crippen molar-refractivity contribution < 1.29 is 9.47 Å². The van der Waals surface area contributed by atoms with Crippen LogP contribution in [0, 0.1) is 6.92 Å². The van der Waals surface area contributed by atoms with Gasteiger partial charge in [-0.15, -0.1) is 0 Å². The Bertz CT molecular complexity index is 1150. The largest absolute Gasteiger partial charge is 0.493 e. The summed E-state index contributed by atoms with van der Waals surface area (Å²) in [5.74, 6) is 2.70. The lowest BCUT2D eigenvalue weighted by Crippen LogP contribution is -2.09. The van der Waals surface area contributed by atoms with Crippen LogP contribution >= 0.6 is 0 Å². The fourth-order valence-corrected chi connectivity index (χ4v) is 3.28. The van der Waals surface area contributed by atoms with Crippen molar-refractivity contribution in [1.82, 2.24) is 15.0 Å². The van der Waals surface area contributed by atoms with Crippen LogP contribution in [0.3, 0.4) is 0 Å². The fraction of sp³-hybridized carbons (Fsp3) is 0.208. The van der Waals surface area contributed by atoms with E-state index in [0.29, 0.717) is 23.9 Å². The molecule has 2 heterocycles. The second kappa shape index (κ2) is 8.78. The molecule has 1 N–H and O–H groups in total. The molecule has 6 heteroatoms. The van der Waals surface area contributed by atoms with Gasteiger partial charge in [0.2, 0.25) is 0 Å². The van der Waals surface area contributed by atoms with Gasteiger partial charge in [-0.05, 0) is 25.1 Å². The topological polar surface area (TPSA) is 69.2 Å². The summed E-state index contributed by atoms with van der Waals surface area (Å²) in [5, 5.41) is 4.34. The molecule has 4 aromatic rings. The molecule has 0 spiro atoms. The maximum absolute atomic E-state index is 5.48. The highest BCUT2D eigenvalue weighted by Crippen LogP contribution is 2.35. The van der Waals surface area contributed by atoms with Gasteiger partial charge in [0.15, 0.2) is 17.3 Å². The van der Waals surface area contributed by atoms with Crippen LogP contribution in [-0.4, -0.2) is 35.7 Å². The van der Waals surface area contributed by atoms with E-state index < -0.39 is 0 Å². The number of hydrogen-bond donors (Lipinski definition) is 1. The number of benzene rings is 2. The van der Waals surface area contributed by atoms with E-state index in [9.17, 15) is 0 Å². The van der Waals surface area contributed by atoms with Crippen molar-refractivity contribution in [3.05, 3.63) is 72.1 Å². The van der Waals surface area contributed by atoms with Crippen LogP contribution < -0.4 is 14.8 Å². The summed E-state index contributed by atoms with van der Waals surface area (Å²) in [4.78, 5) is 14.0. The van der Waals surface area contributed by atoms with E-state index in [1.807, 2.05) is 48.7 Å². The molecule has 0 radical (unpaired) electrons. The Morgan fingerprint density at radius 2 is 1.67 bits per heavy atom. The molecule has 0 aliphatic rings. The van der Waals surface area contributed by atoms with Gasteiger partial charge in [-0.2, -0.15) is 0 Å². The summed E-state index contributed by atoms with van der Waals surface area (Å²) in [6.07, 6.45) is 2.60. The Kier molecular flexibility index (Phi) is 5.75. The fourth-order valence-electron chi connectivity index (χ4n) is 3.28.